The van der Waals surface area contributed by atoms with Crippen molar-refractivity contribution in [2.45, 2.75) is 62.7 Å². The number of hydrogen-bond donors (Lipinski definition) is 0. The maximum atomic E-state index is 15.2. The lowest BCUT2D eigenvalue weighted by Gasteiger charge is -2.37. The van der Waals surface area contributed by atoms with Gasteiger partial charge in [-0.2, -0.15) is 31.4 Å². The van der Waals surface area contributed by atoms with Gasteiger partial charge in [-0.05, 0) is 31.4 Å². The van der Waals surface area contributed by atoms with E-state index in [9.17, 15) is 31.1 Å². The molecule has 1 aliphatic rings. The Hall–Kier alpha value is -0.810. The summed E-state index contributed by atoms with van der Waals surface area (Å²) in [6.07, 6.45) is 0.0455. The number of ether oxygens (including phenoxy) is 1. The van der Waals surface area contributed by atoms with Crippen LogP contribution in [0.2, 0.25) is 0 Å². The summed E-state index contributed by atoms with van der Waals surface area (Å²) in [6.45, 7) is 3.61. The minimum Gasteiger partial charge on any atom is -0.466 e. The van der Waals surface area contributed by atoms with Gasteiger partial charge in [0.15, 0.2) is 0 Å². The predicted octanol–water partition coefficient (Wildman–Crippen LogP) is 4.37. The first-order valence-electron chi connectivity index (χ1n) is 7.86. The van der Waals surface area contributed by atoms with Crippen molar-refractivity contribution in [2.75, 3.05) is 13.2 Å². The van der Waals surface area contributed by atoms with Crippen LogP contribution in [0, 0.1) is 5.92 Å². The number of hydroxylamine groups is 2. The Kier molecular flexibility index (Phi) is 6.85. The molecule has 0 aliphatic carbocycles. The van der Waals surface area contributed by atoms with E-state index in [1.165, 1.54) is 13.8 Å². The van der Waals surface area contributed by atoms with Gasteiger partial charge in [0.1, 0.15) is 5.92 Å². The molecule has 1 saturated heterocycles. The Morgan fingerprint density at radius 1 is 1.19 bits per heavy atom. The second kappa shape index (κ2) is 7.67. The molecule has 0 radical (unpaired) electrons. The molecule has 26 heavy (non-hydrogen) atoms. The lowest BCUT2D eigenvalue weighted by molar-refractivity contribution is -0.403. The predicted molar refractivity (Wildman–Crippen MR) is 76.8 cm³/mol. The van der Waals surface area contributed by atoms with Crippen LogP contribution >= 0.6 is 11.6 Å². The smallest absolute Gasteiger partial charge is 0.392 e. The number of hydrogen-bond acceptors (Lipinski definition) is 4. The van der Waals surface area contributed by atoms with Crippen LogP contribution in [0.3, 0.4) is 0 Å². The maximum Gasteiger partial charge on any atom is 0.392 e. The maximum absolute atomic E-state index is 15.2. The summed E-state index contributed by atoms with van der Waals surface area (Å²) in [7, 11) is 0. The zero-order valence-electron chi connectivity index (χ0n) is 14.2. The standard InChI is InChI=1S/C14H19ClF7NO3/c1-4-7-23-8(5-2)9(10(24)25-6-3)11(16,26-23)12(17,18)13(19,20)14(15,21)22/h8-9H,4-7H2,1-3H3/t8-,9-,11+/m0/s1. The van der Waals surface area contributed by atoms with Crippen LogP contribution < -0.4 is 0 Å². The molecular weight excluding hydrogens is 399 g/mol. The van der Waals surface area contributed by atoms with Crippen molar-refractivity contribution >= 4 is 17.6 Å². The van der Waals surface area contributed by atoms with Crippen LogP contribution in [0.15, 0.2) is 0 Å². The molecule has 0 aromatic rings. The average Bonchev–Trinajstić information content (AvgIpc) is 2.80. The highest BCUT2D eigenvalue weighted by Crippen LogP contribution is 2.59. The van der Waals surface area contributed by atoms with Gasteiger partial charge in [-0.3, -0.25) is 9.63 Å². The van der Waals surface area contributed by atoms with Crippen LogP contribution in [0.4, 0.5) is 30.7 Å². The van der Waals surface area contributed by atoms with Gasteiger partial charge >= 0.3 is 29.1 Å². The normalized spacial score (nSPS) is 28.4. The highest BCUT2D eigenvalue weighted by atomic mass is 35.5. The second-order valence-corrected chi connectivity index (χ2v) is 6.20. The number of carbonyl (C=O) groups excluding carboxylic acids is 1. The van der Waals surface area contributed by atoms with Crippen molar-refractivity contribution in [3.05, 3.63) is 0 Å². The fourth-order valence-corrected chi connectivity index (χ4v) is 2.88. The van der Waals surface area contributed by atoms with Crippen molar-refractivity contribution in [1.29, 1.82) is 0 Å². The molecule has 0 unspecified atom stereocenters. The van der Waals surface area contributed by atoms with Gasteiger partial charge in [-0.25, -0.2) is 4.39 Å². The number of halogens is 8. The fourth-order valence-electron chi connectivity index (χ4n) is 2.77. The summed E-state index contributed by atoms with van der Waals surface area (Å²) in [6, 6.07) is -1.43. The van der Waals surface area contributed by atoms with E-state index in [0.717, 1.165) is 0 Å². The van der Waals surface area contributed by atoms with E-state index in [1.807, 2.05) is 0 Å². The van der Waals surface area contributed by atoms with E-state index >= 15 is 4.39 Å². The van der Waals surface area contributed by atoms with Crippen LogP contribution in [0.25, 0.3) is 0 Å². The zero-order valence-corrected chi connectivity index (χ0v) is 14.9. The number of carbonyl (C=O) groups is 1. The Bertz CT molecular complexity index is 517. The molecule has 0 aromatic carbocycles. The molecule has 0 amide bonds. The van der Waals surface area contributed by atoms with E-state index in [1.54, 1.807) is 6.92 Å². The van der Waals surface area contributed by atoms with Gasteiger partial charge in [0.2, 0.25) is 0 Å². The molecule has 0 N–H and O–H groups in total. The highest BCUT2D eigenvalue weighted by Gasteiger charge is 2.85. The number of nitrogens with zero attached hydrogens (tertiary/aromatic N) is 1. The SMILES string of the molecule is CCCN1O[C@@](F)(C(F)(F)C(F)(F)C(F)(F)Cl)[C@H](C(=O)OCC)[C@@H]1CC. The minimum absolute atomic E-state index is 0.173. The molecule has 1 heterocycles. The van der Waals surface area contributed by atoms with E-state index in [-0.39, 0.29) is 26.0 Å². The Balaban J connectivity index is 3.52. The van der Waals surface area contributed by atoms with Crippen molar-refractivity contribution in [3.8, 4) is 0 Å². The quantitative estimate of drug-likeness (QED) is 0.334. The third kappa shape index (κ3) is 3.49. The Morgan fingerprint density at radius 2 is 1.73 bits per heavy atom. The molecule has 1 rings (SSSR count). The molecule has 0 bridgehead atoms. The highest BCUT2D eigenvalue weighted by molar-refractivity contribution is 6.22. The van der Waals surface area contributed by atoms with Crippen molar-refractivity contribution in [3.63, 3.8) is 0 Å². The monoisotopic (exact) mass is 417 g/mol. The van der Waals surface area contributed by atoms with E-state index in [4.69, 9.17) is 0 Å². The summed E-state index contributed by atoms with van der Waals surface area (Å²) in [4.78, 5) is 16.4. The molecule has 0 saturated carbocycles. The summed E-state index contributed by atoms with van der Waals surface area (Å²) >= 11 is 4.09. The molecule has 1 aliphatic heterocycles. The van der Waals surface area contributed by atoms with Gasteiger partial charge in [0.25, 0.3) is 0 Å². The van der Waals surface area contributed by atoms with Gasteiger partial charge in [-0.1, -0.05) is 13.8 Å². The van der Waals surface area contributed by atoms with E-state index < -0.39 is 41.0 Å². The average molecular weight is 418 g/mol. The van der Waals surface area contributed by atoms with Crippen molar-refractivity contribution in [1.82, 2.24) is 5.06 Å². The third-order valence-electron chi connectivity index (χ3n) is 3.99. The molecule has 0 spiro atoms. The van der Waals surface area contributed by atoms with Crippen molar-refractivity contribution < 1.29 is 45.1 Å². The van der Waals surface area contributed by atoms with Crippen LogP contribution in [0.5, 0.6) is 0 Å². The van der Waals surface area contributed by atoms with Gasteiger partial charge in [-0.15, -0.1) is 0 Å². The number of alkyl halides is 8. The Labute approximate surface area is 150 Å². The van der Waals surface area contributed by atoms with E-state index in [0.29, 0.717) is 5.06 Å². The van der Waals surface area contributed by atoms with Crippen LogP contribution in [-0.2, 0) is 14.4 Å². The first-order valence-corrected chi connectivity index (χ1v) is 8.24. The topological polar surface area (TPSA) is 38.8 Å². The largest absolute Gasteiger partial charge is 0.466 e. The molecule has 0 aromatic heterocycles. The summed E-state index contributed by atoms with van der Waals surface area (Å²) in [5.41, 5.74) is 0. The van der Waals surface area contributed by atoms with Crippen molar-refractivity contribution in [2.24, 2.45) is 5.92 Å². The molecular formula is C14H19ClF7NO3. The fraction of sp³-hybridized carbons (Fsp3) is 0.929. The molecule has 3 atom stereocenters. The van der Waals surface area contributed by atoms with E-state index in [2.05, 4.69) is 21.2 Å². The lowest BCUT2D eigenvalue weighted by atomic mass is 9.85. The first-order chi connectivity index (χ1) is 11.7. The van der Waals surface area contributed by atoms with Gasteiger partial charge in [0.05, 0.1) is 12.6 Å². The second-order valence-electron chi connectivity index (χ2n) is 5.73. The van der Waals surface area contributed by atoms with Gasteiger partial charge in [0, 0.05) is 6.54 Å². The first kappa shape index (κ1) is 23.2. The summed E-state index contributed by atoms with van der Waals surface area (Å²) in [5, 5.41) is -5.21. The molecule has 154 valence electrons. The number of esters is 1. The Morgan fingerprint density at radius 3 is 2.12 bits per heavy atom. The van der Waals surface area contributed by atoms with Crippen LogP contribution in [0.1, 0.15) is 33.6 Å². The van der Waals surface area contributed by atoms with Gasteiger partial charge < -0.3 is 4.74 Å². The molecule has 12 heteroatoms. The summed E-state index contributed by atoms with van der Waals surface area (Å²) in [5.74, 6) is -21.5. The zero-order chi connectivity index (χ0) is 20.6. The minimum atomic E-state index is -6.35. The summed E-state index contributed by atoms with van der Waals surface area (Å²) < 4.78 is 101. The lowest BCUT2D eigenvalue weighted by Crippen LogP contribution is -2.65. The van der Waals surface area contributed by atoms with Crippen LogP contribution in [-0.4, -0.2) is 53.3 Å². The number of rotatable bonds is 8. The molecule has 4 nitrogen and oxygen atoms in total. The molecule has 1 fully saturated rings. The third-order valence-corrected chi connectivity index (χ3v) is 4.22.